The lowest BCUT2D eigenvalue weighted by Crippen LogP contribution is -2.41. The fraction of sp³-hybridized carbons (Fsp3) is 0.278. The van der Waals surface area contributed by atoms with Gasteiger partial charge in [-0.2, -0.15) is 0 Å². The van der Waals surface area contributed by atoms with E-state index in [2.05, 4.69) is 4.98 Å². The van der Waals surface area contributed by atoms with E-state index in [4.69, 9.17) is 9.84 Å². The molecular formula is C18H18N2O4. The molecule has 6 heteroatoms. The highest BCUT2D eigenvalue weighted by Gasteiger charge is 2.25. The molecule has 1 aliphatic heterocycles. The van der Waals surface area contributed by atoms with Crippen molar-refractivity contribution in [2.45, 2.75) is 18.9 Å². The number of aromatic carboxylic acids is 1. The summed E-state index contributed by atoms with van der Waals surface area (Å²) in [5, 5.41) is 8.97. The summed E-state index contributed by atoms with van der Waals surface area (Å²) in [6, 6.07) is 12.5. The van der Waals surface area contributed by atoms with Gasteiger partial charge >= 0.3 is 5.97 Å². The Morgan fingerprint density at radius 3 is 2.50 bits per heavy atom. The van der Waals surface area contributed by atoms with E-state index < -0.39 is 5.97 Å². The van der Waals surface area contributed by atoms with E-state index in [1.807, 2.05) is 30.3 Å². The number of carbonyl (C=O) groups is 2. The molecule has 1 aromatic heterocycles. The summed E-state index contributed by atoms with van der Waals surface area (Å²) in [6.07, 6.45) is 2.93. The molecule has 0 aliphatic carbocycles. The number of pyridine rings is 1. The standard InChI is InChI=1S/C18H18N2O4/c21-17(13-6-9-19-16(12-13)18(22)23)20-10-7-15(8-11-20)24-14-4-2-1-3-5-14/h1-6,9,12,15H,7-8,10-11H2,(H,22,23). The van der Waals surface area contributed by atoms with E-state index in [1.54, 1.807) is 11.0 Å². The second-order valence-corrected chi connectivity index (χ2v) is 5.66. The molecule has 0 radical (unpaired) electrons. The van der Waals surface area contributed by atoms with Gasteiger partial charge < -0.3 is 14.7 Å². The maximum absolute atomic E-state index is 12.5. The van der Waals surface area contributed by atoms with Crippen LogP contribution in [0.15, 0.2) is 48.7 Å². The van der Waals surface area contributed by atoms with Gasteiger partial charge in [-0.1, -0.05) is 18.2 Å². The highest BCUT2D eigenvalue weighted by molar-refractivity contribution is 5.96. The van der Waals surface area contributed by atoms with Crippen molar-refractivity contribution in [1.82, 2.24) is 9.88 Å². The summed E-state index contributed by atoms with van der Waals surface area (Å²) in [5.41, 5.74) is 0.230. The quantitative estimate of drug-likeness (QED) is 0.933. The van der Waals surface area contributed by atoms with Crippen LogP contribution in [0, 0.1) is 0 Å². The molecule has 124 valence electrons. The van der Waals surface area contributed by atoms with Gasteiger partial charge in [0.2, 0.25) is 0 Å². The van der Waals surface area contributed by atoms with Gasteiger partial charge in [0.05, 0.1) is 0 Å². The van der Waals surface area contributed by atoms with Gasteiger partial charge in [-0.3, -0.25) is 4.79 Å². The number of likely N-dealkylation sites (tertiary alicyclic amines) is 1. The molecule has 2 aromatic rings. The van der Waals surface area contributed by atoms with E-state index in [9.17, 15) is 9.59 Å². The lowest BCUT2D eigenvalue weighted by molar-refractivity contribution is 0.0595. The number of benzene rings is 1. The van der Waals surface area contributed by atoms with Crippen LogP contribution in [0.4, 0.5) is 0 Å². The molecule has 1 aromatic carbocycles. The van der Waals surface area contributed by atoms with Gasteiger partial charge in [0, 0.05) is 37.7 Å². The van der Waals surface area contributed by atoms with Crippen LogP contribution >= 0.6 is 0 Å². The maximum Gasteiger partial charge on any atom is 0.354 e. The van der Waals surface area contributed by atoms with Crippen molar-refractivity contribution in [2.24, 2.45) is 0 Å². The molecule has 24 heavy (non-hydrogen) atoms. The van der Waals surface area contributed by atoms with E-state index in [0.29, 0.717) is 18.7 Å². The van der Waals surface area contributed by atoms with Gasteiger partial charge in [-0.15, -0.1) is 0 Å². The number of hydrogen-bond donors (Lipinski definition) is 1. The van der Waals surface area contributed by atoms with Crippen molar-refractivity contribution in [3.8, 4) is 5.75 Å². The number of carboxylic acids is 1. The summed E-state index contributed by atoms with van der Waals surface area (Å²) in [6.45, 7) is 1.17. The fourth-order valence-corrected chi connectivity index (χ4v) is 2.73. The Bertz CT molecular complexity index is 725. The van der Waals surface area contributed by atoms with Gasteiger partial charge in [0.25, 0.3) is 5.91 Å². The summed E-state index contributed by atoms with van der Waals surface area (Å²) >= 11 is 0. The monoisotopic (exact) mass is 326 g/mol. The van der Waals surface area contributed by atoms with Crippen LogP contribution in [-0.4, -0.2) is 46.1 Å². The minimum Gasteiger partial charge on any atom is -0.490 e. The first-order valence-electron chi connectivity index (χ1n) is 7.84. The Hall–Kier alpha value is -2.89. The minimum atomic E-state index is -1.14. The number of para-hydroxylation sites is 1. The van der Waals surface area contributed by atoms with Gasteiger partial charge in [-0.05, 0) is 24.3 Å². The Kier molecular flexibility index (Phi) is 4.74. The molecule has 0 unspecified atom stereocenters. The smallest absolute Gasteiger partial charge is 0.354 e. The summed E-state index contributed by atoms with van der Waals surface area (Å²) in [5.74, 6) is -0.472. The highest BCUT2D eigenvalue weighted by Crippen LogP contribution is 2.20. The van der Waals surface area contributed by atoms with E-state index >= 15 is 0 Å². The van der Waals surface area contributed by atoms with Crippen LogP contribution in [0.25, 0.3) is 0 Å². The number of carboxylic acid groups (broad SMARTS) is 1. The SMILES string of the molecule is O=C(O)c1cc(C(=O)N2CCC(Oc3ccccc3)CC2)ccn1. The predicted octanol–water partition coefficient (Wildman–Crippen LogP) is 2.46. The molecule has 1 fully saturated rings. The summed E-state index contributed by atoms with van der Waals surface area (Å²) in [4.78, 5) is 28.9. The molecule has 0 saturated carbocycles. The van der Waals surface area contributed by atoms with Crippen LogP contribution in [0.5, 0.6) is 5.75 Å². The lowest BCUT2D eigenvalue weighted by Gasteiger charge is -2.32. The molecule has 0 atom stereocenters. The largest absolute Gasteiger partial charge is 0.490 e. The second kappa shape index (κ2) is 7.12. The van der Waals surface area contributed by atoms with Crippen molar-refractivity contribution in [3.05, 3.63) is 59.9 Å². The first-order chi connectivity index (χ1) is 11.6. The average molecular weight is 326 g/mol. The normalized spacial score (nSPS) is 15.1. The maximum atomic E-state index is 12.5. The molecule has 0 bridgehead atoms. The first kappa shape index (κ1) is 16.0. The number of ether oxygens (including phenoxy) is 1. The zero-order valence-electron chi connectivity index (χ0n) is 13.1. The molecule has 2 heterocycles. The van der Waals surface area contributed by atoms with E-state index in [-0.39, 0.29) is 17.7 Å². The molecule has 1 aliphatic rings. The number of amides is 1. The van der Waals surface area contributed by atoms with E-state index in [1.165, 1.54) is 12.3 Å². The van der Waals surface area contributed by atoms with Gasteiger partial charge in [-0.25, -0.2) is 9.78 Å². The van der Waals surface area contributed by atoms with Crippen molar-refractivity contribution < 1.29 is 19.4 Å². The molecule has 0 spiro atoms. The third-order valence-corrected chi connectivity index (χ3v) is 4.00. The minimum absolute atomic E-state index is 0.0865. The molecule has 3 rings (SSSR count). The Morgan fingerprint density at radius 1 is 1.12 bits per heavy atom. The van der Waals surface area contributed by atoms with Crippen LogP contribution in [0.3, 0.4) is 0 Å². The molecule has 1 saturated heterocycles. The Morgan fingerprint density at radius 2 is 1.83 bits per heavy atom. The number of carbonyl (C=O) groups excluding carboxylic acids is 1. The topological polar surface area (TPSA) is 79.7 Å². The second-order valence-electron chi connectivity index (χ2n) is 5.66. The number of nitrogens with zero attached hydrogens (tertiary/aromatic N) is 2. The Labute approximate surface area is 139 Å². The van der Waals surface area contributed by atoms with Crippen LogP contribution in [0.2, 0.25) is 0 Å². The summed E-state index contributed by atoms with van der Waals surface area (Å²) < 4.78 is 5.91. The van der Waals surface area contributed by atoms with Crippen molar-refractivity contribution in [1.29, 1.82) is 0 Å². The molecule has 1 N–H and O–H groups in total. The molecule has 1 amide bonds. The molecular weight excluding hydrogens is 308 g/mol. The number of piperidine rings is 1. The zero-order chi connectivity index (χ0) is 16.9. The highest BCUT2D eigenvalue weighted by atomic mass is 16.5. The number of aromatic nitrogens is 1. The fourth-order valence-electron chi connectivity index (χ4n) is 2.73. The third-order valence-electron chi connectivity index (χ3n) is 4.00. The lowest BCUT2D eigenvalue weighted by atomic mass is 10.1. The Balaban J connectivity index is 1.59. The van der Waals surface area contributed by atoms with Crippen molar-refractivity contribution in [3.63, 3.8) is 0 Å². The van der Waals surface area contributed by atoms with Crippen LogP contribution in [0.1, 0.15) is 33.7 Å². The van der Waals surface area contributed by atoms with Crippen molar-refractivity contribution >= 4 is 11.9 Å². The van der Waals surface area contributed by atoms with Crippen LogP contribution in [-0.2, 0) is 0 Å². The van der Waals surface area contributed by atoms with Crippen molar-refractivity contribution in [2.75, 3.05) is 13.1 Å². The zero-order valence-corrected chi connectivity index (χ0v) is 13.1. The predicted molar refractivity (Wildman–Crippen MR) is 87.2 cm³/mol. The third kappa shape index (κ3) is 3.71. The molecule has 6 nitrogen and oxygen atoms in total. The number of rotatable bonds is 4. The average Bonchev–Trinajstić information content (AvgIpc) is 2.63. The van der Waals surface area contributed by atoms with Gasteiger partial charge in [0.15, 0.2) is 0 Å². The first-order valence-corrected chi connectivity index (χ1v) is 7.84. The van der Waals surface area contributed by atoms with Gasteiger partial charge in [0.1, 0.15) is 17.5 Å². The van der Waals surface area contributed by atoms with E-state index in [0.717, 1.165) is 18.6 Å². The number of hydrogen-bond acceptors (Lipinski definition) is 4. The summed E-state index contributed by atoms with van der Waals surface area (Å²) in [7, 11) is 0. The van der Waals surface area contributed by atoms with Crippen LogP contribution < -0.4 is 4.74 Å².